The number of hydrogen-bond acceptors (Lipinski definition) is 4. The van der Waals surface area contributed by atoms with Gasteiger partial charge < -0.3 is 4.90 Å². The number of amides is 1. The summed E-state index contributed by atoms with van der Waals surface area (Å²) in [4.78, 5) is 14.8. The van der Waals surface area contributed by atoms with Gasteiger partial charge in [-0.1, -0.05) is 44.2 Å². The summed E-state index contributed by atoms with van der Waals surface area (Å²) in [6.07, 6.45) is 2.76. The molecule has 3 aromatic rings. The van der Waals surface area contributed by atoms with E-state index in [-0.39, 0.29) is 19.0 Å². The fourth-order valence-electron chi connectivity index (χ4n) is 3.81. The molecule has 2 aromatic carbocycles. The van der Waals surface area contributed by atoms with E-state index in [2.05, 4.69) is 18.9 Å². The van der Waals surface area contributed by atoms with E-state index in [0.29, 0.717) is 29.6 Å². The van der Waals surface area contributed by atoms with E-state index in [9.17, 15) is 13.2 Å². The fraction of sp³-hybridized carbons (Fsp3) is 0.333. The maximum Gasteiger partial charge on any atom is 0.274 e. The fourth-order valence-corrected chi connectivity index (χ4v) is 5.23. The van der Waals surface area contributed by atoms with Crippen LogP contribution in [-0.2, 0) is 10.0 Å². The molecule has 32 heavy (non-hydrogen) atoms. The van der Waals surface area contributed by atoms with E-state index < -0.39 is 10.0 Å². The minimum Gasteiger partial charge on any atom is -0.335 e. The zero-order valence-electron chi connectivity index (χ0n) is 18.4. The maximum absolute atomic E-state index is 13.1. The Morgan fingerprint density at radius 1 is 0.969 bits per heavy atom. The van der Waals surface area contributed by atoms with E-state index in [0.717, 1.165) is 17.7 Å². The molecule has 1 amide bonds. The number of carbonyl (C=O) groups excluding carboxylic acids is 1. The second-order valence-electron chi connectivity index (χ2n) is 8.06. The summed E-state index contributed by atoms with van der Waals surface area (Å²) in [6, 6.07) is 18.4. The van der Waals surface area contributed by atoms with Gasteiger partial charge in [-0.2, -0.15) is 9.40 Å². The van der Waals surface area contributed by atoms with Crippen LogP contribution in [0.1, 0.15) is 42.2 Å². The highest BCUT2D eigenvalue weighted by Crippen LogP contribution is 2.23. The molecule has 0 radical (unpaired) electrons. The average Bonchev–Trinajstić information content (AvgIpc) is 3.34. The topological polar surface area (TPSA) is 75.5 Å². The third-order valence-corrected chi connectivity index (χ3v) is 7.97. The molecule has 7 nitrogen and oxygen atoms in total. The van der Waals surface area contributed by atoms with Crippen LogP contribution in [0.2, 0.25) is 0 Å². The van der Waals surface area contributed by atoms with Gasteiger partial charge in [0, 0.05) is 32.4 Å². The lowest BCUT2D eigenvalue weighted by atomic mass is 9.99. The van der Waals surface area contributed by atoms with Gasteiger partial charge in [0.2, 0.25) is 10.0 Å². The Labute approximate surface area is 189 Å². The van der Waals surface area contributed by atoms with Gasteiger partial charge in [-0.25, -0.2) is 13.1 Å². The van der Waals surface area contributed by atoms with Crippen LogP contribution in [0.25, 0.3) is 5.69 Å². The normalized spacial score (nSPS) is 16.1. The molecule has 168 valence electrons. The van der Waals surface area contributed by atoms with Crippen molar-refractivity contribution in [3.8, 4) is 5.69 Å². The second kappa shape index (κ2) is 9.26. The van der Waals surface area contributed by atoms with Crippen LogP contribution in [0, 0.1) is 0 Å². The lowest BCUT2D eigenvalue weighted by Crippen LogP contribution is -2.50. The summed E-state index contributed by atoms with van der Waals surface area (Å²) in [6.45, 7) is 5.44. The predicted molar refractivity (Wildman–Crippen MR) is 123 cm³/mol. The van der Waals surface area contributed by atoms with Gasteiger partial charge >= 0.3 is 0 Å². The van der Waals surface area contributed by atoms with Crippen molar-refractivity contribution in [2.24, 2.45) is 0 Å². The van der Waals surface area contributed by atoms with Crippen molar-refractivity contribution < 1.29 is 13.2 Å². The molecular formula is C24H28N4O3S. The van der Waals surface area contributed by atoms with Crippen LogP contribution in [-0.4, -0.2) is 59.5 Å². The van der Waals surface area contributed by atoms with E-state index in [1.807, 2.05) is 42.5 Å². The quantitative estimate of drug-likeness (QED) is 0.573. The van der Waals surface area contributed by atoms with Crippen molar-refractivity contribution in [1.29, 1.82) is 0 Å². The van der Waals surface area contributed by atoms with Crippen LogP contribution >= 0.6 is 0 Å². The number of hydrogen-bond donors (Lipinski definition) is 0. The van der Waals surface area contributed by atoms with Crippen LogP contribution < -0.4 is 0 Å². The zero-order chi connectivity index (χ0) is 22.7. The van der Waals surface area contributed by atoms with Crippen LogP contribution in [0.15, 0.2) is 71.8 Å². The van der Waals surface area contributed by atoms with E-state index in [1.165, 1.54) is 4.31 Å². The van der Waals surface area contributed by atoms with Gasteiger partial charge in [-0.05, 0) is 48.2 Å². The van der Waals surface area contributed by atoms with Crippen molar-refractivity contribution in [2.45, 2.75) is 31.1 Å². The molecule has 0 aliphatic carbocycles. The molecule has 0 N–H and O–H groups in total. The molecule has 8 heteroatoms. The van der Waals surface area contributed by atoms with Gasteiger partial charge in [-0.3, -0.25) is 4.79 Å². The first-order valence-electron chi connectivity index (χ1n) is 10.9. The van der Waals surface area contributed by atoms with Crippen molar-refractivity contribution >= 4 is 15.9 Å². The molecule has 1 atom stereocenters. The monoisotopic (exact) mass is 452 g/mol. The molecule has 0 saturated carbocycles. The smallest absolute Gasteiger partial charge is 0.274 e. The van der Waals surface area contributed by atoms with Gasteiger partial charge in [0.25, 0.3) is 5.91 Å². The minimum absolute atomic E-state index is 0.186. The lowest BCUT2D eigenvalue weighted by molar-refractivity contribution is 0.0691. The molecule has 1 fully saturated rings. The van der Waals surface area contributed by atoms with Crippen molar-refractivity contribution in [3.63, 3.8) is 0 Å². The second-order valence-corrected chi connectivity index (χ2v) is 9.99. The average molecular weight is 453 g/mol. The molecule has 0 bridgehead atoms. The summed E-state index contributed by atoms with van der Waals surface area (Å²) >= 11 is 0. The van der Waals surface area contributed by atoms with E-state index in [4.69, 9.17) is 0 Å². The Balaban J connectivity index is 1.40. The summed E-state index contributed by atoms with van der Waals surface area (Å²) < 4.78 is 29.2. The highest BCUT2D eigenvalue weighted by Gasteiger charge is 2.31. The summed E-state index contributed by atoms with van der Waals surface area (Å²) in [5.74, 6) is 0.210. The van der Waals surface area contributed by atoms with Gasteiger partial charge in [0.05, 0.1) is 10.6 Å². The summed E-state index contributed by atoms with van der Waals surface area (Å²) in [7, 11) is -3.58. The molecule has 1 aliphatic heterocycles. The van der Waals surface area contributed by atoms with Gasteiger partial charge in [0.15, 0.2) is 5.69 Å². The Kier molecular flexibility index (Phi) is 6.43. The largest absolute Gasteiger partial charge is 0.335 e. The number of aromatic nitrogens is 2. The number of benzene rings is 2. The van der Waals surface area contributed by atoms with Crippen molar-refractivity contribution in [1.82, 2.24) is 19.0 Å². The Hall–Kier alpha value is -2.97. The van der Waals surface area contributed by atoms with E-state index in [1.54, 1.807) is 34.0 Å². The molecule has 4 rings (SSSR count). The number of rotatable bonds is 6. The first-order valence-corrected chi connectivity index (χ1v) is 12.3. The van der Waals surface area contributed by atoms with Crippen LogP contribution in [0.4, 0.5) is 0 Å². The number of para-hydroxylation sites is 1. The van der Waals surface area contributed by atoms with Crippen LogP contribution in [0.3, 0.4) is 0 Å². The summed E-state index contributed by atoms with van der Waals surface area (Å²) in [5, 5.41) is 4.39. The highest BCUT2D eigenvalue weighted by atomic mass is 32.2. The molecule has 1 unspecified atom stereocenters. The van der Waals surface area contributed by atoms with Crippen molar-refractivity contribution in [3.05, 3.63) is 78.1 Å². The molecule has 0 spiro atoms. The molecule has 1 aliphatic rings. The van der Waals surface area contributed by atoms with Crippen LogP contribution in [0.5, 0.6) is 0 Å². The number of carbonyl (C=O) groups is 1. The number of sulfonamides is 1. The third kappa shape index (κ3) is 4.47. The highest BCUT2D eigenvalue weighted by molar-refractivity contribution is 7.89. The predicted octanol–water partition coefficient (Wildman–Crippen LogP) is 3.53. The Morgan fingerprint density at radius 2 is 1.62 bits per heavy atom. The van der Waals surface area contributed by atoms with Gasteiger partial charge in [-0.15, -0.1) is 0 Å². The molecular weight excluding hydrogens is 424 g/mol. The number of piperazine rings is 1. The standard InChI is InChI=1S/C24H28N4O3S/c1-3-19(2)20-9-11-22(12-10-20)32(30,31)27-17-15-26(16-18-27)24(29)23-13-14-28(25-23)21-7-5-4-6-8-21/h4-14,19H,3,15-18H2,1-2H3. The third-order valence-electron chi connectivity index (χ3n) is 6.05. The Morgan fingerprint density at radius 3 is 2.25 bits per heavy atom. The molecule has 2 heterocycles. The van der Waals surface area contributed by atoms with E-state index >= 15 is 0 Å². The zero-order valence-corrected chi connectivity index (χ0v) is 19.2. The Bertz CT molecular complexity index is 1170. The van der Waals surface area contributed by atoms with Gasteiger partial charge in [0.1, 0.15) is 0 Å². The maximum atomic E-state index is 13.1. The first kappa shape index (κ1) is 22.2. The molecule has 1 aromatic heterocycles. The summed E-state index contributed by atoms with van der Waals surface area (Å²) in [5.41, 5.74) is 2.37. The SMILES string of the molecule is CCC(C)c1ccc(S(=O)(=O)N2CCN(C(=O)c3ccn(-c4ccccc4)n3)CC2)cc1. The minimum atomic E-state index is -3.58. The van der Waals surface area contributed by atoms with Crippen molar-refractivity contribution in [2.75, 3.05) is 26.2 Å². The number of nitrogens with zero attached hydrogens (tertiary/aromatic N) is 4. The molecule has 1 saturated heterocycles. The lowest BCUT2D eigenvalue weighted by Gasteiger charge is -2.33. The first-order chi connectivity index (χ1) is 15.4.